The van der Waals surface area contributed by atoms with E-state index in [1.165, 1.54) is 22.5 Å². The number of rotatable bonds is 6. The van der Waals surface area contributed by atoms with Crippen molar-refractivity contribution in [3.05, 3.63) is 40.9 Å². The number of aromatic nitrogens is 1. The Morgan fingerprint density at radius 3 is 3.23 bits per heavy atom. The highest BCUT2D eigenvalue weighted by Gasteiger charge is 2.18. The second-order valence-corrected chi connectivity index (χ2v) is 6.28. The number of fused-ring (bicyclic) bond motifs is 1. The lowest BCUT2D eigenvalue weighted by atomic mass is 10.1. The van der Waals surface area contributed by atoms with Crippen molar-refractivity contribution in [3.8, 4) is 5.75 Å². The minimum absolute atomic E-state index is 0.0152. The van der Waals surface area contributed by atoms with Crippen LogP contribution in [0.3, 0.4) is 0 Å². The van der Waals surface area contributed by atoms with Gasteiger partial charge in [0.05, 0.1) is 0 Å². The minimum Gasteiger partial charge on any atom is -0.490 e. The van der Waals surface area contributed by atoms with Crippen LogP contribution in [0, 0.1) is 0 Å². The molecule has 0 spiro atoms. The zero-order chi connectivity index (χ0) is 15.4. The molecular formula is C16H19N3O2S. The molecule has 1 aliphatic heterocycles. The quantitative estimate of drug-likeness (QED) is 0.804. The highest BCUT2D eigenvalue weighted by atomic mass is 32.1. The fourth-order valence-electron chi connectivity index (χ4n) is 2.49. The average molecular weight is 317 g/mol. The van der Waals surface area contributed by atoms with Crippen LogP contribution in [-0.4, -0.2) is 23.5 Å². The third kappa shape index (κ3) is 3.84. The molecule has 1 aromatic carbocycles. The average Bonchev–Trinajstić information content (AvgIpc) is 3.11. The second-order valence-electron chi connectivity index (χ2n) is 5.39. The van der Waals surface area contributed by atoms with E-state index in [0.717, 1.165) is 18.7 Å². The molecule has 0 unspecified atom stereocenters. The topological polar surface area (TPSA) is 63.2 Å². The first-order valence-electron chi connectivity index (χ1n) is 7.39. The highest BCUT2D eigenvalue weighted by molar-refractivity contribution is 7.13. The van der Waals surface area contributed by atoms with Crippen molar-refractivity contribution < 1.29 is 9.53 Å². The molecule has 0 saturated carbocycles. The standard InChI is InChI=1S/C16H19N3O2S/c1-11-8-13-9-12(2-3-14(13)21-11)10-17-5-4-15(20)19-16-18-6-7-22-16/h2-3,6-7,9,11,17H,4-5,8,10H2,1H3,(H,18,19,20)/t11-/m0/s1. The molecule has 6 heteroatoms. The zero-order valence-electron chi connectivity index (χ0n) is 12.5. The van der Waals surface area contributed by atoms with Crippen molar-refractivity contribution in [2.24, 2.45) is 0 Å². The number of hydrogen-bond acceptors (Lipinski definition) is 5. The van der Waals surface area contributed by atoms with Gasteiger partial charge >= 0.3 is 0 Å². The number of amides is 1. The summed E-state index contributed by atoms with van der Waals surface area (Å²) < 4.78 is 5.69. The van der Waals surface area contributed by atoms with E-state index in [1.807, 2.05) is 11.4 Å². The van der Waals surface area contributed by atoms with E-state index < -0.39 is 0 Å². The second kappa shape index (κ2) is 6.89. The molecule has 3 rings (SSSR count). The van der Waals surface area contributed by atoms with Crippen LogP contribution in [0.1, 0.15) is 24.5 Å². The maximum Gasteiger partial charge on any atom is 0.227 e. The van der Waals surface area contributed by atoms with E-state index in [2.05, 4.69) is 34.7 Å². The number of ether oxygens (including phenoxy) is 1. The summed E-state index contributed by atoms with van der Waals surface area (Å²) in [6, 6.07) is 6.28. The Bertz CT molecular complexity index is 643. The SMILES string of the molecule is C[C@H]1Cc2cc(CNCCC(=O)Nc3nccs3)ccc2O1. The van der Waals surface area contributed by atoms with Gasteiger partial charge in [-0.1, -0.05) is 12.1 Å². The van der Waals surface area contributed by atoms with Crippen LogP contribution in [0.25, 0.3) is 0 Å². The van der Waals surface area contributed by atoms with Crippen LogP contribution >= 0.6 is 11.3 Å². The van der Waals surface area contributed by atoms with Gasteiger partial charge in [-0.2, -0.15) is 0 Å². The van der Waals surface area contributed by atoms with Crippen molar-refractivity contribution in [2.75, 3.05) is 11.9 Å². The van der Waals surface area contributed by atoms with Gasteiger partial charge in [0.25, 0.3) is 0 Å². The Balaban J connectivity index is 1.40. The van der Waals surface area contributed by atoms with Gasteiger partial charge in [-0.3, -0.25) is 4.79 Å². The molecule has 1 aromatic heterocycles. The molecule has 2 aromatic rings. The Hall–Kier alpha value is -1.92. The van der Waals surface area contributed by atoms with Gasteiger partial charge in [-0.15, -0.1) is 11.3 Å². The first-order valence-corrected chi connectivity index (χ1v) is 8.27. The normalized spacial score (nSPS) is 16.1. The molecule has 22 heavy (non-hydrogen) atoms. The summed E-state index contributed by atoms with van der Waals surface area (Å²) in [4.78, 5) is 15.7. The summed E-state index contributed by atoms with van der Waals surface area (Å²) >= 11 is 1.42. The molecular weight excluding hydrogens is 298 g/mol. The predicted molar refractivity (Wildman–Crippen MR) is 87.3 cm³/mol. The van der Waals surface area contributed by atoms with Crippen LogP contribution in [0.2, 0.25) is 0 Å². The van der Waals surface area contributed by atoms with Gasteiger partial charge in [-0.25, -0.2) is 4.98 Å². The van der Waals surface area contributed by atoms with Crippen LogP contribution < -0.4 is 15.4 Å². The van der Waals surface area contributed by atoms with Crippen molar-refractivity contribution in [1.29, 1.82) is 0 Å². The molecule has 2 N–H and O–H groups in total. The van der Waals surface area contributed by atoms with E-state index in [0.29, 0.717) is 18.1 Å². The predicted octanol–water partition coefficient (Wildman–Crippen LogP) is 2.58. The molecule has 116 valence electrons. The third-order valence-corrected chi connectivity index (χ3v) is 4.19. The molecule has 0 bridgehead atoms. The number of anilines is 1. The van der Waals surface area contributed by atoms with Gasteiger partial charge in [0, 0.05) is 37.5 Å². The first kappa shape index (κ1) is 15.0. The lowest BCUT2D eigenvalue weighted by Crippen LogP contribution is -2.21. The molecule has 1 amide bonds. The van der Waals surface area contributed by atoms with Crippen molar-refractivity contribution in [3.63, 3.8) is 0 Å². The zero-order valence-corrected chi connectivity index (χ0v) is 13.3. The van der Waals surface area contributed by atoms with Crippen molar-refractivity contribution >= 4 is 22.4 Å². The largest absolute Gasteiger partial charge is 0.490 e. The number of hydrogen-bond donors (Lipinski definition) is 2. The molecule has 5 nitrogen and oxygen atoms in total. The van der Waals surface area contributed by atoms with Crippen LogP contribution in [0.5, 0.6) is 5.75 Å². The molecule has 0 aliphatic carbocycles. The Morgan fingerprint density at radius 2 is 2.41 bits per heavy atom. The number of thiazole rings is 1. The monoisotopic (exact) mass is 317 g/mol. The summed E-state index contributed by atoms with van der Waals surface area (Å²) in [6.07, 6.45) is 3.36. The first-order chi connectivity index (χ1) is 10.7. The fraction of sp³-hybridized carbons (Fsp3) is 0.375. The lowest BCUT2D eigenvalue weighted by molar-refractivity contribution is -0.116. The number of carbonyl (C=O) groups is 1. The van der Waals surface area contributed by atoms with Crippen LogP contribution in [-0.2, 0) is 17.8 Å². The van der Waals surface area contributed by atoms with Gasteiger partial charge in [0.15, 0.2) is 5.13 Å². The highest BCUT2D eigenvalue weighted by Crippen LogP contribution is 2.29. The van der Waals surface area contributed by atoms with Gasteiger partial charge in [0.2, 0.25) is 5.91 Å². The summed E-state index contributed by atoms with van der Waals surface area (Å²) in [5.74, 6) is 0.984. The number of nitrogens with one attached hydrogen (secondary N) is 2. The molecule has 2 heterocycles. The molecule has 0 fully saturated rings. The van der Waals surface area contributed by atoms with E-state index in [-0.39, 0.29) is 12.0 Å². The molecule has 0 saturated heterocycles. The van der Waals surface area contributed by atoms with Crippen LogP contribution in [0.4, 0.5) is 5.13 Å². The maximum atomic E-state index is 11.7. The summed E-state index contributed by atoms with van der Waals surface area (Å²) in [5, 5.41) is 8.56. The Kier molecular flexibility index (Phi) is 4.70. The fourth-order valence-corrected chi connectivity index (χ4v) is 3.03. The van der Waals surface area contributed by atoms with Crippen molar-refractivity contribution in [2.45, 2.75) is 32.4 Å². The van der Waals surface area contributed by atoms with Gasteiger partial charge in [-0.05, 0) is 24.1 Å². The molecule has 1 atom stereocenters. The molecule has 1 aliphatic rings. The third-order valence-electron chi connectivity index (χ3n) is 3.50. The Labute approximate surface area is 133 Å². The van der Waals surface area contributed by atoms with Gasteiger partial charge < -0.3 is 15.4 Å². The minimum atomic E-state index is -0.0152. The van der Waals surface area contributed by atoms with Crippen molar-refractivity contribution in [1.82, 2.24) is 10.3 Å². The van der Waals surface area contributed by atoms with Crippen LogP contribution in [0.15, 0.2) is 29.8 Å². The van der Waals surface area contributed by atoms with Gasteiger partial charge in [0.1, 0.15) is 11.9 Å². The van der Waals surface area contributed by atoms with E-state index in [9.17, 15) is 4.79 Å². The smallest absolute Gasteiger partial charge is 0.227 e. The van der Waals surface area contributed by atoms with E-state index in [4.69, 9.17) is 4.74 Å². The summed E-state index contributed by atoms with van der Waals surface area (Å²) in [6.45, 7) is 3.48. The Morgan fingerprint density at radius 1 is 1.50 bits per heavy atom. The number of nitrogens with zero attached hydrogens (tertiary/aromatic N) is 1. The molecule has 0 radical (unpaired) electrons. The summed E-state index contributed by atoms with van der Waals surface area (Å²) in [5.41, 5.74) is 2.49. The number of benzene rings is 1. The lowest BCUT2D eigenvalue weighted by Gasteiger charge is -2.06. The van der Waals surface area contributed by atoms with E-state index in [1.54, 1.807) is 6.20 Å². The maximum absolute atomic E-state index is 11.7. The number of carbonyl (C=O) groups excluding carboxylic acids is 1. The van der Waals surface area contributed by atoms with E-state index >= 15 is 0 Å². The summed E-state index contributed by atoms with van der Waals surface area (Å²) in [7, 11) is 0.